The number of piperidine rings is 1. The highest BCUT2D eigenvalue weighted by Gasteiger charge is 2.26. The van der Waals surface area contributed by atoms with Crippen molar-refractivity contribution in [2.45, 2.75) is 20.3 Å². The Hall–Kier alpha value is -0.730. The van der Waals surface area contributed by atoms with Crippen LogP contribution in [0.15, 0.2) is 18.2 Å². The van der Waals surface area contributed by atoms with E-state index < -0.39 is 0 Å². The lowest BCUT2D eigenvalue weighted by atomic mass is 9.91. The van der Waals surface area contributed by atoms with Crippen molar-refractivity contribution in [2.24, 2.45) is 11.8 Å². The molecule has 1 fully saturated rings. The van der Waals surface area contributed by atoms with Crippen molar-refractivity contribution in [3.8, 4) is 0 Å². The molecular formula is C14H17Cl2NO. The van der Waals surface area contributed by atoms with E-state index in [2.05, 4.69) is 13.8 Å². The number of likely N-dealkylation sites (tertiary alicyclic amines) is 1. The Morgan fingerprint density at radius 3 is 2.33 bits per heavy atom. The van der Waals surface area contributed by atoms with Crippen molar-refractivity contribution in [2.75, 3.05) is 13.1 Å². The molecular weight excluding hydrogens is 269 g/mol. The van der Waals surface area contributed by atoms with E-state index in [4.69, 9.17) is 23.2 Å². The summed E-state index contributed by atoms with van der Waals surface area (Å²) in [4.78, 5) is 14.3. The van der Waals surface area contributed by atoms with Crippen molar-refractivity contribution in [3.05, 3.63) is 33.8 Å². The Bertz CT molecular complexity index is 451. The summed E-state index contributed by atoms with van der Waals surface area (Å²) in [5.41, 5.74) is 0.616. The van der Waals surface area contributed by atoms with E-state index in [1.165, 1.54) is 6.42 Å². The maximum absolute atomic E-state index is 12.4. The maximum atomic E-state index is 12.4. The van der Waals surface area contributed by atoms with Gasteiger partial charge in [-0.25, -0.2) is 0 Å². The number of carbonyl (C=O) groups excluding carboxylic acids is 1. The topological polar surface area (TPSA) is 20.3 Å². The second kappa shape index (κ2) is 5.50. The molecule has 18 heavy (non-hydrogen) atoms. The third kappa shape index (κ3) is 2.99. The fourth-order valence-corrected chi connectivity index (χ4v) is 2.94. The van der Waals surface area contributed by atoms with Gasteiger partial charge >= 0.3 is 0 Å². The second-order valence-corrected chi connectivity index (χ2v) is 6.10. The van der Waals surface area contributed by atoms with E-state index in [1.807, 2.05) is 4.90 Å². The van der Waals surface area contributed by atoms with Gasteiger partial charge in [-0.05, 0) is 36.5 Å². The summed E-state index contributed by atoms with van der Waals surface area (Å²) in [7, 11) is 0. The van der Waals surface area contributed by atoms with Crippen molar-refractivity contribution in [1.29, 1.82) is 0 Å². The predicted molar refractivity (Wildman–Crippen MR) is 75.3 cm³/mol. The fourth-order valence-electron chi connectivity index (χ4n) is 2.64. The van der Waals surface area contributed by atoms with Crippen LogP contribution in [0.4, 0.5) is 0 Å². The lowest BCUT2D eigenvalue weighted by molar-refractivity contribution is 0.0623. The first-order valence-corrected chi connectivity index (χ1v) is 6.97. The molecule has 2 atom stereocenters. The van der Waals surface area contributed by atoms with E-state index in [0.29, 0.717) is 27.4 Å². The molecule has 1 amide bonds. The molecule has 1 heterocycles. The standard InChI is InChI=1S/C14H17Cl2NO/c1-9-5-10(2)8-17(7-9)14(18)11-3-4-12(15)13(16)6-11/h3-4,6,9-10H,5,7-8H2,1-2H3. The third-order valence-electron chi connectivity index (χ3n) is 3.32. The summed E-state index contributed by atoms with van der Waals surface area (Å²) in [5, 5.41) is 0.911. The number of halogens is 2. The molecule has 1 aromatic carbocycles. The first kappa shape index (κ1) is 13.7. The van der Waals surface area contributed by atoms with Crippen LogP contribution in [-0.2, 0) is 0 Å². The molecule has 4 heteroatoms. The average molecular weight is 286 g/mol. The molecule has 0 aliphatic carbocycles. The Labute approximate surface area is 118 Å². The molecule has 98 valence electrons. The minimum Gasteiger partial charge on any atom is -0.338 e. The molecule has 0 N–H and O–H groups in total. The Morgan fingerprint density at radius 2 is 1.78 bits per heavy atom. The van der Waals surface area contributed by atoms with Gasteiger partial charge in [-0.3, -0.25) is 4.79 Å². The number of amides is 1. The Balaban J connectivity index is 2.17. The largest absolute Gasteiger partial charge is 0.338 e. The van der Waals surface area contributed by atoms with Crippen molar-refractivity contribution < 1.29 is 4.79 Å². The van der Waals surface area contributed by atoms with Gasteiger partial charge in [-0.1, -0.05) is 37.0 Å². The van der Waals surface area contributed by atoms with E-state index in [1.54, 1.807) is 18.2 Å². The number of carbonyl (C=O) groups is 1. The van der Waals surface area contributed by atoms with Crippen LogP contribution in [0.5, 0.6) is 0 Å². The van der Waals surface area contributed by atoms with Crippen LogP contribution >= 0.6 is 23.2 Å². The Morgan fingerprint density at radius 1 is 1.17 bits per heavy atom. The predicted octanol–water partition coefficient (Wildman–Crippen LogP) is 4.11. The zero-order chi connectivity index (χ0) is 13.3. The lowest BCUT2D eigenvalue weighted by Gasteiger charge is -2.35. The van der Waals surface area contributed by atoms with Gasteiger partial charge in [0.05, 0.1) is 10.0 Å². The summed E-state index contributed by atoms with van der Waals surface area (Å²) in [5.74, 6) is 1.16. The molecule has 2 nitrogen and oxygen atoms in total. The number of hydrogen-bond acceptors (Lipinski definition) is 1. The molecule has 0 spiro atoms. The molecule has 1 aliphatic heterocycles. The van der Waals surface area contributed by atoms with Crippen molar-refractivity contribution in [1.82, 2.24) is 4.90 Å². The smallest absolute Gasteiger partial charge is 0.253 e. The van der Waals surface area contributed by atoms with E-state index >= 15 is 0 Å². The first-order chi connectivity index (χ1) is 8.47. The average Bonchev–Trinajstić information content (AvgIpc) is 2.30. The monoisotopic (exact) mass is 285 g/mol. The Kier molecular flexibility index (Phi) is 4.18. The summed E-state index contributed by atoms with van der Waals surface area (Å²) in [6.07, 6.45) is 1.19. The van der Waals surface area contributed by atoms with E-state index in [0.717, 1.165) is 13.1 Å². The van der Waals surface area contributed by atoms with Crippen LogP contribution in [0.1, 0.15) is 30.6 Å². The molecule has 0 bridgehead atoms. The highest BCUT2D eigenvalue weighted by Crippen LogP contribution is 2.26. The summed E-state index contributed by atoms with van der Waals surface area (Å²) < 4.78 is 0. The van der Waals surface area contributed by atoms with Gasteiger partial charge in [0.2, 0.25) is 0 Å². The van der Waals surface area contributed by atoms with Gasteiger partial charge in [0, 0.05) is 18.7 Å². The minimum absolute atomic E-state index is 0.0481. The van der Waals surface area contributed by atoms with Crippen molar-refractivity contribution in [3.63, 3.8) is 0 Å². The molecule has 0 saturated carbocycles. The highest BCUT2D eigenvalue weighted by atomic mass is 35.5. The number of benzene rings is 1. The van der Waals surface area contributed by atoms with Crippen LogP contribution < -0.4 is 0 Å². The van der Waals surface area contributed by atoms with Gasteiger partial charge in [0.1, 0.15) is 0 Å². The van der Waals surface area contributed by atoms with Gasteiger partial charge in [0.25, 0.3) is 5.91 Å². The van der Waals surface area contributed by atoms with E-state index in [9.17, 15) is 4.79 Å². The molecule has 1 saturated heterocycles. The van der Waals surface area contributed by atoms with E-state index in [-0.39, 0.29) is 5.91 Å². The molecule has 2 rings (SSSR count). The maximum Gasteiger partial charge on any atom is 0.253 e. The zero-order valence-electron chi connectivity index (χ0n) is 10.6. The van der Waals surface area contributed by atoms with Crippen LogP contribution in [0, 0.1) is 11.8 Å². The summed E-state index contributed by atoms with van der Waals surface area (Å²) in [6, 6.07) is 5.06. The highest BCUT2D eigenvalue weighted by molar-refractivity contribution is 6.42. The van der Waals surface area contributed by atoms with Gasteiger partial charge in [-0.2, -0.15) is 0 Å². The SMILES string of the molecule is CC1CC(C)CN(C(=O)c2ccc(Cl)c(Cl)c2)C1. The zero-order valence-corrected chi connectivity index (χ0v) is 12.1. The number of hydrogen-bond donors (Lipinski definition) is 0. The number of nitrogens with zero attached hydrogens (tertiary/aromatic N) is 1. The molecule has 1 aliphatic rings. The lowest BCUT2D eigenvalue weighted by Crippen LogP contribution is -2.42. The van der Waals surface area contributed by atoms with Gasteiger partial charge < -0.3 is 4.90 Å². The summed E-state index contributed by atoms with van der Waals surface area (Å²) in [6.45, 7) is 6.02. The van der Waals surface area contributed by atoms with Crippen LogP contribution in [0.2, 0.25) is 10.0 Å². The first-order valence-electron chi connectivity index (χ1n) is 6.21. The molecule has 0 radical (unpaired) electrons. The molecule has 0 aromatic heterocycles. The summed E-state index contributed by atoms with van der Waals surface area (Å²) >= 11 is 11.8. The second-order valence-electron chi connectivity index (χ2n) is 5.29. The number of rotatable bonds is 1. The van der Waals surface area contributed by atoms with Gasteiger partial charge in [-0.15, -0.1) is 0 Å². The normalized spacial score (nSPS) is 24.1. The molecule has 2 unspecified atom stereocenters. The van der Waals surface area contributed by atoms with Crippen molar-refractivity contribution >= 4 is 29.1 Å². The third-order valence-corrected chi connectivity index (χ3v) is 4.06. The van der Waals surface area contributed by atoms with Gasteiger partial charge in [0.15, 0.2) is 0 Å². The van der Waals surface area contributed by atoms with Crippen LogP contribution in [0.25, 0.3) is 0 Å². The fraction of sp³-hybridized carbons (Fsp3) is 0.500. The van der Waals surface area contributed by atoms with Crippen LogP contribution in [-0.4, -0.2) is 23.9 Å². The minimum atomic E-state index is 0.0481. The molecule has 1 aromatic rings. The quantitative estimate of drug-likeness (QED) is 0.760. The van der Waals surface area contributed by atoms with Crippen LogP contribution in [0.3, 0.4) is 0 Å².